The van der Waals surface area contributed by atoms with Crippen molar-refractivity contribution in [2.75, 3.05) is 0 Å². The van der Waals surface area contributed by atoms with Crippen LogP contribution in [0.5, 0.6) is 23.0 Å². The van der Waals surface area contributed by atoms with Gasteiger partial charge in [0.05, 0.1) is 0 Å². The van der Waals surface area contributed by atoms with Gasteiger partial charge in [-0.2, -0.15) is 0 Å². The van der Waals surface area contributed by atoms with E-state index in [4.69, 9.17) is 41.7 Å². The van der Waals surface area contributed by atoms with Crippen molar-refractivity contribution in [3.63, 3.8) is 0 Å². The van der Waals surface area contributed by atoms with E-state index in [0.717, 1.165) is 22.3 Å². The minimum Gasteiger partial charge on any atom is -0.760 e. The van der Waals surface area contributed by atoms with Gasteiger partial charge in [-0.1, -0.05) is 70.8 Å². The zero-order chi connectivity index (χ0) is 27.8. The van der Waals surface area contributed by atoms with E-state index in [1.165, 1.54) is 0 Å². The molecule has 0 radical (unpaired) electrons. The molecule has 4 rings (SSSR count). The standard InChI is InChI=1S/2C14H15O3PS.Zn/c2*1-11-3-7-13(8-4-11)16-18(15,19)17-14-9-5-12(2)6-10-14;/h2*3-10H,1-2H3,(H,15,19);/q;;+2/p-2. The third-order valence-corrected chi connectivity index (χ3v) is 7.58. The van der Waals surface area contributed by atoms with Gasteiger partial charge in [-0.15, -0.1) is 0 Å². The first-order chi connectivity index (χ1) is 17.9. The first kappa shape index (κ1) is 33.1. The van der Waals surface area contributed by atoms with Crippen LogP contribution in [0.25, 0.3) is 0 Å². The Morgan fingerprint density at radius 3 is 0.718 bits per heavy atom. The van der Waals surface area contributed by atoms with Gasteiger partial charge in [0, 0.05) is 0 Å². The van der Waals surface area contributed by atoms with Gasteiger partial charge in [0.25, 0.3) is 0 Å². The molecule has 0 spiro atoms. The molecule has 200 valence electrons. The molecule has 0 unspecified atom stereocenters. The Bertz CT molecular complexity index is 1200. The molecule has 0 aliphatic heterocycles. The predicted molar refractivity (Wildman–Crippen MR) is 156 cm³/mol. The molecule has 0 aliphatic carbocycles. The molecule has 0 aliphatic rings. The molecule has 0 atom stereocenters. The second-order valence-corrected chi connectivity index (χ2v) is 13.7. The topological polar surface area (TPSA) is 83.0 Å². The van der Waals surface area contributed by atoms with Gasteiger partial charge in [0.15, 0.2) is 0 Å². The molecule has 0 saturated carbocycles. The summed E-state index contributed by atoms with van der Waals surface area (Å²) in [6.07, 6.45) is 0. The van der Waals surface area contributed by atoms with Crippen LogP contribution in [0.1, 0.15) is 22.3 Å². The van der Waals surface area contributed by atoms with E-state index >= 15 is 0 Å². The fraction of sp³-hybridized carbons (Fsp3) is 0.143. The summed E-state index contributed by atoms with van der Waals surface area (Å²) in [5, 5.41) is 0. The first-order valence-electron chi connectivity index (χ1n) is 11.6. The maximum atomic E-state index is 12.1. The molecular weight excluding hydrogens is 624 g/mol. The van der Waals surface area contributed by atoms with Gasteiger partial charge < -0.3 is 27.9 Å². The molecule has 0 heterocycles. The molecule has 11 heteroatoms. The van der Waals surface area contributed by atoms with E-state index in [1.54, 1.807) is 48.5 Å². The first-order valence-corrected chi connectivity index (χ1v) is 16.7. The van der Waals surface area contributed by atoms with Gasteiger partial charge in [-0.3, -0.25) is 0 Å². The van der Waals surface area contributed by atoms with Gasteiger partial charge in [0.1, 0.15) is 23.0 Å². The summed E-state index contributed by atoms with van der Waals surface area (Å²) in [4.78, 5) is 24.2. The molecule has 0 amide bonds. The Labute approximate surface area is 253 Å². The Hall–Kier alpha value is -2.08. The van der Waals surface area contributed by atoms with Gasteiger partial charge in [-0.05, 0) is 99.8 Å². The van der Waals surface area contributed by atoms with Crippen LogP contribution < -0.4 is 27.9 Å². The van der Waals surface area contributed by atoms with Crippen molar-refractivity contribution in [3.05, 3.63) is 119 Å². The third-order valence-electron chi connectivity index (χ3n) is 4.95. The molecule has 6 nitrogen and oxygen atoms in total. The van der Waals surface area contributed by atoms with Crippen molar-refractivity contribution in [2.45, 2.75) is 27.7 Å². The SMILES string of the molecule is Cc1ccc(OP([O-])(=S)Oc2ccc(C)cc2)cc1.Cc1ccc(OP([O-])(=S)Oc2ccc(C)cc2)cc1.[Zn+2]. The molecule has 0 saturated heterocycles. The Kier molecular flexibility index (Phi) is 12.8. The van der Waals surface area contributed by atoms with Crippen molar-refractivity contribution in [2.24, 2.45) is 0 Å². The number of hydrogen-bond acceptors (Lipinski definition) is 8. The Morgan fingerprint density at radius 2 is 0.564 bits per heavy atom. The minimum atomic E-state index is -3.58. The molecular formula is C28H28O6P2S2Zn. The molecule has 0 fully saturated rings. The largest absolute Gasteiger partial charge is 2.00 e. The number of benzene rings is 4. The molecule has 0 bridgehead atoms. The summed E-state index contributed by atoms with van der Waals surface area (Å²) in [7, 11) is 0. The predicted octanol–water partition coefficient (Wildman–Crippen LogP) is 6.69. The summed E-state index contributed by atoms with van der Waals surface area (Å²) in [5.41, 5.74) is 4.36. The van der Waals surface area contributed by atoms with E-state index in [-0.39, 0.29) is 19.5 Å². The average Bonchev–Trinajstić information content (AvgIpc) is 2.85. The van der Waals surface area contributed by atoms with E-state index < -0.39 is 13.4 Å². The van der Waals surface area contributed by atoms with E-state index in [1.807, 2.05) is 76.2 Å². The summed E-state index contributed by atoms with van der Waals surface area (Å²) in [5.74, 6) is 1.76. The monoisotopic (exact) mass is 650 g/mol. The van der Waals surface area contributed by atoms with Crippen molar-refractivity contribution >= 4 is 37.1 Å². The number of hydrogen-bond donors (Lipinski definition) is 0. The van der Waals surface area contributed by atoms with Crippen LogP contribution in [0.3, 0.4) is 0 Å². The molecule has 0 aromatic heterocycles. The van der Waals surface area contributed by atoms with Crippen LogP contribution in [0, 0.1) is 27.7 Å². The van der Waals surface area contributed by atoms with Crippen LogP contribution in [0.15, 0.2) is 97.1 Å². The molecule has 4 aromatic rings. The van der Waals surface area contributed by atoms with E-state index in [2.05, 4.69) is 0 Å². The molecule has 0 N–H and O–H groups in total. The summed E-state index contributed by atoms with van der Waals surface area (Å²) >= 11 is 9.77. The van der Waals surface area contributed by atoms with Crippen LogP contribution >= 0.6 is 13.4 Å². The zero-order valence-electron chi connectivity index (χ0n) is 22.1. The Morgan fingerprint density at radius 1 is 0.410 bits per heavy atom. The van der Waals surface area contributed by atoms with E-state index in [9.17, 15) is 9.79 Å². The van der Waals surface area contributed by atoms with Crippen LogP contribution in [0.4, 0.5) is 0 Å². The van der Waals surface area contributed by atoms with Gasteiger partial charge in [-0.25, -0.2) is 0 Å². The normalized spacial score (nSPS) is 10.8. The fourth-order valence-electron chi connectivity index (χ4n) is 2.95. The smallest absolute Gasteiger partial charge is 0.760 e. The van der Waals surface area contributed by atoms with E-state index in [0.29, 0.717) is 23.0 Å². The summed E-state index contributed by atoms with van der Waals surface area (Å²) in [6.45, 7) is 0.666. The minimum absolute atomic E-state index is 0. The quantitative estimate of drug-likeness (QED) is 0.154. The second kappa shape index (κ2) is 15.1. The maximum absolute atomic E-state index is 12.1. The molecule has 39 heavy (non-hydrogen) atoms. The van der Waals surface area contributed by atoms with Gasteiger partial charge >= 0.3 is 19.5 Å². The second-order valence-electron chi connectivity index (χ2n) is 8.51. The van der Waals surface area contributed by atoms with Crippen LogP contribution in [0.2, 0.25) is 0 Å². The Balaban J connectivity index is 0.000000267. The van der Waals surface area contributed by atoms with Crippen LogP contribution in [-0.2, 0) is 43.1 Å². The van der Waals surface area contributed by atoms with Crippen molar-refractivity contribution in [3.8, 4) is 23.0 Å². The van der Waals surface area contributed by atoms with Crippen LogP contribution in [-0.4, -0.2) is 0 Å². The number of aryl methyl sites for hydroxylation is 4. The van der Waals surface area contributed by atoms with Crippen molar-refractivity contribution < 1.29 is 47.4 Å². The summed E-state index contributed by atoms with van der Waals surface area (Å²) < 4.78 is 21.0. The fourth-order valence-corrected chi connectivity index (χ4v) is 5.58. The third kappa shape index (κ3) is 12.3. The summed E-state index contributed by atoms with van der Waals surface area (Å²) in [6, 6.07) is 28.6. The zero-order valence-corrected chi connectivity index (χ0v) is 28.5. The maximum Gasteiger partial charge on any atom is 2.00 e. The molecule has 4 aromatic carbocycles. The van der Waals surface area contributed by atoms with Gasteiger partial charge in [0.2, 0.25) is 13.4 Å². The van der Waals surface area contributed by atoms with Crippen molar-refractivity contribution in [1.82, 2.24) is 0 Å². The van der Waals surface area contributed by atoms with Crippen molar-refractivity contribution in [1.29, 1.82) is 0 Å². The number of rotatable bonds is 8. The average molecular weight is 652 g/mol.